The van der Waals surface area contributed by atoms with Gasteiger partial charge in [0.1, 0.15) is 25.4 Å². The zero-order valence-corrected chi connectivity index (χ0v) is 38.3. The van der Waals surface area contributed by atoms with E-state index in [2.05, 4.69) is 20.4 Å². The molecule has 0 aliphatic rings. The van der Waals surface area contributed by atoms with Crippen LogP contribution in [0.1, 0.15) is 168 Å². The quantitative estimate of drug-likeness (QED) is 0.0265. The molecular formula is C45H75O20-3. The lowest BCUT2D eigenvalue weighted by Crippen LogP contribution is -2.29. The molecule has 0 amide bonds. The van der Waals surface area contributed by atoms with Gasteiger partial charge in [-0.1, -0.05) is 123 Å². The Bertz CT molecular complexity index is 1330. The van der Waals surface area contributed by atoms with Crippen molar-refractivity contribution in [3.63, 3.8) is 0 Å². The number of unbranched alkanes of at least 4 members (excludes halogenated alkanes) is 16. The molecule has 0 aliphatic carbocycles. The Morgan fingerprint density at radius 2 is 0.892 bits per heavy atom. The number of rotatable bonds is 37. The summed E-state index contributed by atoms with van der Waals surface area (Å²) in [5.41, 5.74) is -1.13. The van der Waals surface area contributed by atoms with Gasteiger partial charge in [0.2, 0.25) is 0 Å². The summed E-state index contributed by atoms with van der Waals surface area (Å²) in [7, 11) is 0. The van der Waals surface area contributed by atoms with Crippen LogP contribution in [0.15, 0.2) is 23.8 Å². The summed E-state index contributed by atoms with van der Waals surface area (Å²) in [6.45, 7) is 6.30. The molecule has 2 unspecified atom stereocenters. The van der Waals surface area contributed by atoms with Crippen LogP contribution in [0.4, 0.5) is 0 Å². The lowest BCUT2D eigenvalue weighted by Gasteiger charge is -2.08. The summed E-state index contributed by atoms with van der Waals surface area (Å²) in [6, 6.07) is 0. The van der Waals surface area contributed by atoms with E-state index in [1.54, 1.807) is 0 Å². The lowest BCUT2D eigenvalue weighted by atomic mass is 10.0. The monoisotopic (exact) mass is 935 g/mol. The van der Waals surface area contributed by atoms with Crippen LogP contribution in [0.5, 0.6) is 0 Å². The highest BCUT2D eigenvalue weighted by molar-refractivity contribution is 5.98. The Balaban J connectivity index is -0.000000407. The van der Waals surface area contributed by atoms with Gasteiger partial charge in [0.25, 0.3) is 0 Å². The fourth-order valence-electron chi connectivity index (χ4n) is 5.21. The van der Waals surface area contributed by atoms with E-state index in [4.69, 9.17) is 45.2 Å². The summed E-state index contributed by atoms with van der Waals surface area (Å²) in [6.07, 6.45) is 19.5. The molecule has 0 saturated heterocycles. The molecule has 65 heavy (non-hydrogen) atoms. The number of carbonyl (C=O) groups excluding carboxylic acids is 5. The zero-order valence-electron chi connectivity index (χ0n) is 38.3. The van der Waals surface area contributed by atoms with Gasteiger partial charge in [0, 0.05) is 37.3 Å². The van der Waals surface area contributed by atoms with E-state index in [1.165, 1.54) is 70.6 Å². The average molecular weight is 936 g/mol. The first-order valence-corrected chi connectivity index (χ1v) is 22.2. The molecule has 378 valence electrons. The number of aliphatic hydroxyl groups excluding tert-OH is 4. The van der Waals surface area contributed by atoms with Crippen LogP contribution in [0.3, 0.4) is 0 Å². The highest BCUT2D eigenvalue weighted by Gasteiger charge is 2.13. The van der Waals surface area contributed by atoms with Crippen molar-refractivity contribution in [1.82, 2.24) is 0 Å². The third kappa shape index (κ3) is 59.1. The fraction of sp³-hybridized carbons (Fsp3) is 0.733. The summed E-state index contributed by atoms with van der Waals surface area (Å²) < 4.78 is 9.56. The maximum atomic E-state index is 11.3. The van der Waals surface area contributed by atoms with Gasteiger partial charge in [0.15, 0.2) is 0 Å². The van der Waals surface area contributed by atoms with Crippen molar-refractivity contribution >= 4 is 47.8 Å². The molecule has 0 aliphatic heterocycles. The van der Waals surface area contributed by atoms with Crippen LogP contribution in [0, 0.1) is 5.92 Å². The van der Waals surface area contributed by atoms with E-state index in [9.17, 15) is 53.7 Å². The van der Waals surface area contributed by atoms with Crippen molar-refractivity contribution in [3.05, 3.63) is 23.8 Å². The normalized spacial score (nSPS) is 11.5. The smallest absolute Gasteiger partial charge is 0.332 e. The van der Waals surface area contributed by atoms with E-state index >= 15 is 0 Å². The first-order valence-electron chi connectivity index (χ1n) is 22.2. The number of carboxylic acids is 6. The predicted octanol–water partition coefficient (Wildman–Crippen LogP) is 1.74. The standard InChI is InChI=1S/C18H36O2.C16H30O8.C6H6O6.C5H6O4/c1-17(2)15-13-11-9-7-5-3-4-6-8-10-12-14-16-18(19)20;17-9-13(19)11-23-15(21)7-5-3-1-2-4-6-8-16(22)24-12-14(20)10-18;7-4(8)1-3(6(11)12)2-5(9)10;1-3(5(8)9)2-4(6)7/h17H,3-16H2,1-2H3,(H,19,20);13-14,17-20H,1-12H2;1H,2H2,(H,7,8)(H,9,10)(H,11,12);1-2H2,(H,6,7)(H,8,9)/p-3/b;;3-1+;. The van der Waals surface area contributed by atoms with E-state index in [0.717, 1.165) is 44.4 Å². The van der Waals surface area contributed by atoms with Crippen molar-refractivity contribution in [2.75, 3.05) is 26.4 Å². The Labute approximate surface area is 382 Å². The Kier molecular flexibility index (Phi) is 48.3. The minimum absolute atomic E-state index is 0.180. The molecule has 0 rings (SSSR count). The summed E-state index contributed by atoms with van der Waals surface area (Å²) in [5.74, 6) is -8.23. The van der Waals surface area contributed by atoms with E-state index in [0.29, 0.717) is 18.9 Å². The molecule has 0 spiro atoms. The van der Waals surface area contributed by atoms with Crippen LogP contribution in [-0.2, 0) is 47.8 Å². The molecule has 0 radical (unpaired) electrons. The number of hydrogen-bond acceptors (Lipinski definition) is 17. The fourth-order valence-corrected chi connectivity index (χ4v) is 5.21. The molecule has 7 N–H and O–H groups in total. The Morgan fingerprint density at radius 1 is 0.538 bits per heavy atom. The molecule has 20 nitrogen and oxygen atoms in total. The third-order valence-electron chi connectivity index (χ3n) is 8.78. The van der Waals surface area contributed by atoms with Crippen molar-refractivity contribution in [1.29, 1.82) is 0 Å². The molecule has 0 aromatic heterocycles. The number of ether oxygens (including phenoxy) is 2. The van der Waals surface area contributed by atoms with E-state index in [-0.39, 0.29) is 44.4 Å². The number of esters is 2. The minimum Gasteiger partial charge on any atom is -0.550 e. The largest absolute Gasteiger partial charge is 0.550 e. The zero-order chi connectivity index (χ0) is 50.4. The molecule has 0 heterocycles. The number of carbonyl (C=O) groups is 8. The average Bonchev–Trinajstić information content (AvgIpc) is 3.22. The first-order chi connectivity index (χ1) is 30.6. The van der Waals surface area contributed by atoms with Crippen molar-refractivity contribution < 1.29 is 98.9 Å². The highest BCUT2D eigenvalue weighted by atomic mass is 16.5. The molecule has 0 aromatic carbocycles. The SMILES string of the molecule is C=C(CC(=O)[O-])C(=O)[O-].CC(C)CCCCCCCCCCCCCCC(=O)[O-].O=C(CCCCCCCCC(=O)OCC(O)CO)OCC(O)CO.O=C(O)/C=C(\CC(=O)O)C(=O)O. The second kappa shape index (κ2) is 47.1. The number of aliphatic carboxylic acids is 6. The van der Waals surface area contributed by atoms with Gasteiger partial charge in [-0.05, 0) is 37.2 Å². The maximum absolute atomic E-state index is 11.3. The third-order valence-corrected chi connectivity index (χ3v) is 8.78. The molecule has 2 atom stereocenters. The topological polar surface area (TPSA) is 366 Å². The molecule has 0 aromatic rings. The molecular weight excluding hydrogens is 860 g/mol. The van der Waals surface area contributed by atoms with Crippen molar-refractivity contribution in [3.8, 4) is 0 Å². The minimum atomic E-state index is -1.56. The van der Waals surface area contributed by atoms with Gasteiger partial charge in [-0.2, -0.15) is 0 Å². The maximum Gasteiger partial charge on any atom is 0.332 e. The predicted molar refractivity (Wildman–Crippen MR) is 229 cm³/mol. The second-order valence-electron chi connectivity index (χ2n) is 15.5. The van der Waals surface area contributed by atoms with Gasteiger partial charge < -0.3 is 74.9 Å². The van der Waals surface area contributed by atoms with Gasteiger partial charge in [-0.15, -0.1) is 0 Å². The first kappa shape index (κ1) is 66.7. The second-order valence-corrected chi connectivity index (χ2v) is 15.5. The van der Waals surface area contributed by atoms with Crippen molar-refractivity contribution in [2.24, 2.45) is 5.92 Å². The van der Waals surface area contributed by atoms with Crippen LogP contribution in [0.25, 0.3) is 0 Å². The van der Waals surface area contributed by atoms with Crippen LogP contribution in [-0.4, -0.2) is 122 Å². The lowest BCUT2D eigenvalue weighted by molar-refractivity contribution is -0.309. The van der Waals surface area contributed by atoms with Crippen LogP contribution < -0.4 is 15.3 Å². The van der Waals surface area contributed by atoms with Gasteiger partial charge >= 0.3 is 29.8 Å². The van der Waals surface area contributed by atoms with Gasteiger partial charge in [0.05, 0.1) is 31.2 Å². The molecule has 20 heteroatoms. The number of hydrogen-bond donors (Lipinski definition) is 7. The number of carboxylic acid groups (broad SMARTS) is 6. The van der Waals surface area contributed by atoms with E-state index < -0.39 is 85.2 Å². The van der Waals surface area contributed by atoms with Gasteiger partial charge in [-0.25, -0.2) is 9.59 Å². The van der Waals surface area contributed by atoms with E-state index in [1.807, 2.05) is 0 Å². The Hall–Kier alpha value is -4.92. The molecule has 0 fully saturated rings. The molecule has 0 saturated carbocycles. The summed E-state index contributed by atoms with van der Waals surface area (Å²) in [5, 5.41) is 89.3. The summed E-state index contributed by atoms with van der Waals surface area (Å²) >= 11 is 0. The van der Waals surface area contributed by atoms with Gasteiger partial charge in [-0.3, -0.25) is 14.4 Å². The number of aliphatic hydroxyl groups is 4. The highest BCUT2D eigenvalue weighted by Crippen LogP contribution is 2.14. The van der Waals surface area contributed by atoms with Crippen LogP contribution in [0.2, 0.25) is 0 Å². The van der Waals surface area contributed by atoms with Crippen molar-refractivity contribution in [2.45, 2.75) is 180 Å². The molecule has 0 bridgehead atoms. The Morgan fingerprint density at radius 3 is 1.15 bits per heavy atom. The van der Waals surface area contributed by atoms with Crippen LogP contribution >= 0.6 is 0 Å². The summed E-state index contributed by atoms with van der Waals surface area (Å²) in [4.78, 5) is 82.4.